The third-order valence-corrected chi connectivity index (χ3v) is 4.60. The molecule has 4 aromatic rings. The zero-order valence-corrected chi connectivity index (χ0v) is 15.3. The van der Waals surface area contributed by atoms with Crippen molar-refractivity contribution in [1.82, 2.24) is 19.4 Å². The van der Waals surface area contributed by atoms with Gasteiger partial charge in [0, 0.05) is 47.5 Å². The van der Waals surface area contributed by atoms with E-state index in [0.29, 0.717) is 17.8 Å². The van der Waals surface area contributed by atoms with Crippen LogP contribution in [0.1, 0.15) is 29.4 Å². The van der Waals surface area contributed by atoms with Crippen LogP contribution in [0.3, 0.4) is 0 Å². The average molecular weight is 375 g/mol. The first-order valence-corrected chi connectivity index (χ1v) is 8.74. The number of carbonyl (C=O) groups is 2. The fourth-order valence-corrected chi connectivity index (χ4v) is 3.23. The van der Waals surface area contributed by atoms with Gasteiger partial charge in [-0.2, -0.15) is 0 Å². The van der Waals surface area contributed by atoms with Crippen molar-refractivity contribution < 1.29 is 14.7 Å². The molecule has 4 rings (SSSR count). The first-order chi connectivity index (χ1) is 13.5. The number of nitrogens with one attached hydrogen (secondary N) is 1. The molecule has 0 saturated carbocycles. The molecule has 0 bridgehead atoms. The van der Waals surface area contributed by atoms with Gasteiger partial charge in [0.2, 0.25) is 0 Å². The van der Waals surface area contributed by atoms with Gasteiger partial charge in [-0.05, 0) is 30.7 Å². The molecule has 0 unspecified atom stereocenters. The number of anilines is 1. The number of Topliss-reactive ketones (excluding diaryl/α,β-unsaturated/α-hetero) is 1. The molecule has 0 aromatic carbocycles. The highest BCUT2D eigenvalue weighted by Crippen LogP contribution is 2.30. The van der Waals surface area contributed by atoms with Crippen molar-refractivity contribution in [3.05, 3.63) is 54.2 Å². The van der Waals surface area contributed by atoms with E-state index in [2.05, 4.69) is 20.3 Å². The van der Waals surface area contributed by atoms with E-state index in [1.165, 1.54) is 0 Å². The Labute approximate surface area is 159 Å². The molecule has 0 atom stereocenters. The Kier molecular flexibility index (Phi) is 4.23. The largest absolute Gasteiger partial charge is 0.465 e. The Hall–Kier alpha value is -3.81. The Morgan fingerprint density at radius 1 is 1.14 bits per heavy atom. The van der Waals surface area contributed by atoms with Gasteiger partial charge in [-0.1, -0.05) is 6.92 Å². The summed E-state index contributed by atoms with van der Waals surface area (Å²) < 4.78 is 1.91. The lowest BCUT2D eigenvalue weighted by Gasteiger charge is -2.12. The summed E-state index contributed by atoms with van der Waals surface area (Å²) in [5, 5.41) is 12.8. The molecule has 1 amide bonds. The number of amides is 1. The zero-order chi connectivity index (χ0) is 19.8. The van der Waals surface area contributed by atoms with Gasteiger partial charge < -0.3 is 5.11 Å². The summed E-state index contributed by atoms with van der Waals surface area (Å²) in [6.45, 7) is 3.75. The van der Waals surface area contributed by atoms with E-state index < -0.39 is 6.09 Å². The lowest BCUT2D eigenvalue weighted by molar-refractivity contribution is 0.0983. The van der Waals surface area contributed by atoms with Crippen LogP contribution in [0, 0.1) is 6.92 Å². The van der Waals surface area contributed by atoms with Crippen LogP contribution >= 0.6 is 0 Å². The number of imidazole rings is 1. The molecule has 4 aromatic heterocycles. The molecule has 0 aliphatic rings. The van der Waals surface area contributed by atoms with Gasteiger partial charge in [0.25, 0.3) is 0 Å². The molecular formula is C20H17N5O3. The van der Waals surface area contributed by atoms with Gasteiger partial charge in [-0.3, -0.25) is 19.5 Å². The second-order valence-electron chi connectivity index (χ2n) is 6.40. The van der Waals surface area contributed by atoms with Crippen molar-refractivity contribution in [3.8, 4) is 11.3 Å². The number of carbonyl (C=O) groups excluding carboxylic acids is 1. The molecule has 0 aliphatic carbocycles. The maximum atomic E-state index is 11.9. The van der Waals surface area contributed by atoms with E-state index in [4.69, 9.17) is 5.11 Å². The van der Waals surface area contributed by atoms with Crippen molar-refractivity contribution in [3.63, 3.8) is 0 Å². The van der Waals surface area contributed by atoms with E-state index in [-0.39, 0.29) is 11.6 Å². The van der Waals surface area contributed by atoms with Crippen LogP contribution in [0.4, 0.5) is 10.6 Å². The van der Waals surface area contributed by atoms with Crippen LogP contribution in [-0.4, -0.2) is 36.3 Å². The van der Waals surface area contributed by atoms with Crippen molar-refractivity contribution >= 4 is 34.1 Å². The van der Waals surface area contributed by atoms with Crippen LogP contribution in [0.25, 0.3) is 27.7 Å². The maximum absolute atomic E-state index is 11.9. The Morgan fingerprint density at radius 2 is 1.96 bits per heavy atom. The highest BCUT2D eigenvalue weighted by molar-refractivity contribution is 5.99. The van der Waals surface area contributed by atoms with Gasteiger partial charge in [0.05, 0.1) is 5.69 Å². The van der Waals surface area contributed by atoms with E-state index in [1.54, 1.807) is 30.7 Å². The second-order valence-corrected chi connectivity index (χ2v) is 6.40. The van der Waals surface area contributed by atoms with Crippen molar-refractivity contribution in [2.45, 2.75) is 20.3 Å². The Balaban J connectivity index is 1.91. The van der Waals surface area contributed by atoms with Crippen molar-refractivity contribution in [2.75, 3.05) is 5.32 Å². The fourth-order valence-electron chi connectivity index (χ4n) is 3.23. The predicted molar refractivity (Wildman–Crippen MR) is 105 cm³/mol. The van der Waals surface area contributed by atoms with E-state index in [9.17, 15) is 9.59 Å². The molecule has 0 saturated heterocycles. The predicted octanol–water partition coefficient (Wildman–Crippen LogP) is 3.94. The summed E-state index contributed by atoms with van der Waals surface area (Å²) in [4.78, 5) is 35.7. The number of fused-ring (bicyclic) bond motifs is 3. The molecule has 2 N–H and O–H groups in total. The van der Waals surface area contributed by atoms with Crippen molar-refractivity contribution in [2.24, 2.45) is 0 Å². The number of hydrogen-bond acceptors (Lipinski definition) is 5. The van der Waals surface area contributed by atoms with E-state index in [1.807, 2.05) is 30.5 Å². The molecule has 0 radical (unpaired) electrons. The number of hydrogen-bond donors (Lipinski definition) is 2. The molecule has 0 aliphatic heterocycles. The number of ketones is 1. The Bertz CT molecular complexity index is 1250. The van der Waals surface area contributed by atoms with Gasteiger partial charge in [0.15, 0.2) is 5.78 Å². The van der Waals surface area contributed by atoms with Gasteiger partial charge in [-0.25, -0.2) is 14.8 Å². The summed E-state index contributed by atoms with van der Waals surface area (Å²) in [6.07, 6.45) is 6.06. The van der Waals surface area contributed by atoms with Crippen LogP contribution in [0.5, 0.6) is 0 Å². The van der Waals surface area contributed by atoms with Crippen LogP contribution in [-0.2, 0) is 0 Å². The van der Waals surface area contributed by atoms with Crippen molar-refractivity contribution in [1.29, 1.82) is 0 Å². The highest BCUT2D eigenvalue weighted by atomic mass is 16.4. The Morgan fingerprint density at radius 3 is 2.68 bits per heavy atom. The number of carboxylic acid groups (broad SMARTS) is 1. The third-order valence-electron chi connectivity index (χ3n) is 4.60. The van der Waals surface area contributed by atoms with Crippen LogP contribution in [0.2, 0.25) is 0 Å². The fraction of sp³-hybridized carbons (Fsp3) is 0.150. The molecule has 140 valence electrons. The molecule has 8 nitrogen and oxygen atoms in total. The number of rotatable bonds is 4. The van der Waals surface area contributed by atoms with Gasteiger partial charge >= 0.3 is 6.09 Å². The van der Waals surface area contributed by atoms with E-state index in [0.717, 1.165) is 27.6 Å². The lowest BCUT2D eigenvalue weighted by Crippen LogP contribution is -2.08. The van der Waals surface area contributed by atoms with Crippen LogP contribution in [0.15, 0.2) is 43.0 Å². The van der Waals surface area contributed by atoms with E-state index >= 15 is 0 Å². The van der Waals surface area contributed by atoms with Crippen LogP contribution < -0.4 is 5.32 Å². The smallest absolute Gasteiger partial charge is 0.410 e. The minimum absolute atomic E-state index is 0.00333. The average Bonchev–Trinajstić information content (AvgIpc) is 3.17. The lowest BCUT2D eigenvalue weighted by atomic mass is 10.0. The SMILES string of the molecule is CCC(=O)c1cc(C)c(-c2cc3cnc(NC(=O)O)cc3c3nccn23)cn1. The number of pyridine rings is 3. The molecule has 4 heterocycles. The maximum Gasteiger partial charge on any atom is 0.410 e. The molecule has 28 heavy (non-hydrogen) atoms. The summed E-state index contributed by atoms with van der Waals surface area (Å²) >= 11 is 0. The quantitative estimate of drug-likeness (QED) is 0.523. The minimum atomic E-state index is -1.17. The normalized spacial score (nSPS) is 11.1. The summed E-state index contributed by atoms with van der Waals surface area (Å²) in [7, 11) is 0. The zero-order valence-electron chi connectivity index (χ0n) is 15.3. The minimum Gasteiger partial charge on any atom is -0.465 e. The number of aryl methyl sites for hydroxylation is 1. The molecule has 0 fully saturated rings. The number of nitrogens with zero attached hydrogens (tertiary/aromatic N) is 4. The van der Waals surface area contributed by atoms with Gasteiger partial charge in [-0.15, -0.1) is 0 Å². The summed E-state index contributed by atoms with van der Waals surface area (Å²) in [6, 6.07) is 5.41. The monoisotopic (exact) mass is 375 g/mol. The first kappa shape index (κ1) is 17.6. The third kappa shape index (κ3) is 2.94. The first-order valence-electron chi connectivity index (χ1n) is 8.74. The topological polar surface area (TPSA) is 109 Å². The number of aromatic nitrogens is 4. The molecule has 0 spiro atoms. The standard InChI is InChI=1S/C20H17N5O3/c1-3-17(26)15-6-11(2)14(10-22-15)16-7-12-9-23-18(24-20(27)28)8-13(12)19-21-4-5-25(16)19/h4-10H,3H2,1-2H3,(H,23,24)(H,27,28). The second kappa shape index (κ2) is 6.73. The summed E-state index contributed by atoms with van der Waals surface area (Å²) in [5.74, 6) is 0.238. The summed E-state index contributed by atoms with van der Waals surface area (Å²) in [5.41, 5.74) is 3.80. The molecule has 8 heteroatoms. The van der Waals surface area contributed by atoms with Gasteiger partial charge in [0.1, 0.15) is 17.2 Å². The molecular weight excluding hydrogens is 358 g/mol. The highest BCUT2D eigenvalue weighted by Gasteiger charge is 2.14.